The first-order valence-corrected chi connectivity index (χ1v) is 9.20. The van der Waals surface area contributed by atoms with Crippen LogP contribution in [0.2, 0.25) is 0 Å². The third-order valence-electron chi connectivity index (χ3n) is 5.60. The van der Waals surface area contributed by atoms with E-state index in [0.717, 1.165) is 56.0 Å². The molecule has 1 amide bonds. The lowest BCUT2D eigenvalue weighted by atomic mass is 9.75. The SMILES string of the molecule is COc1ccc(CC(=O)NCC2CCC3(CCOCC3)CO2)c(C)c1. The summed E-state index contributed by atoms with van der Waals surface area (Å²) in [7, 11) is 1.65. The Hall–Kier alpha value is -1.59. The predicted molar refractivity (Wildman–Crippen MR) is 95.9 cm³/mol. The highest BCUT2D eigenvalue weighted by Crippen LogP contribution is 2.39. The van der Waals surface area contributed by atoms with Crippen LogP contribution in [0.3, 0.4) is 0 Å². The fourth-order valence-electron chi connectivity index (χ4n) is 3.73. The molecular formula is C20H29NO4. The van der Waals surface area contributed by atoms with Crippen molar-refractivity contribution in [1.29, 1.82) is 0 Å². The minimum atomic E-state index is 0.0446. The summed E-state index contributed by atoms with van der Waals surface area (Å²) >= 11 is 0. The predicted octanol–water partition coefficient (Wildman–Crippen LogP) is 2.64. The summed E-state index contributed by atoms with van der Waals surface area (Å²) in [6, 6.07) is 5.81. The van der Waals surface area contributed by atoms with Gasteiger partial charge in [-0.25, -0.2) is 0 Å². The Morgan fingerprint density at radius 2 is 2.12 bits per heavy atom. The molecule has 1 atom stereocenters. The summed E-state index contributed by atoms with van der Waals surface area (Å²) in [6.45, 7) is 5.11. The van der Waals surface area contributed by atoms with E-state index in [9.17, 15) is 4.79 Å². The molecule has 2 fully saturated rings. The van der Waals surface area contributed by atoms with Crippen LogP contribution in [0.15, 0.2) is 18.2 Å². The fourth-order valence-corrected chi connectivity index (χ4v) is 3.73. The van der Waals surface area contributed by atoms with E-state index < -0.39 is 0 Å². The number of nitrogens with one attached hydrogen (secondary N) is 1. The molecule has 2 aliphatic rings. The summed E-state index contributed by atoms with van der Waals surface area (Å²) in [5.74, 6) is 0.863. The van der Waals surface area contributed by atoms with E-state index in [0.29, 0.717) is 18.4 Å². The summed E-state index contributed by atoms with van der Waals surface area (Å²) in [4.78, 5) is 12.2. The van der Waals surface area contributed by atoms with Crippen molar-refractivity contribution in [3.63, 3.8) is 0 Å². The molecule has 1 spiro atoms. The zero-order valence-electron chi connectivity index (χ0n) is 15.3. The second-order valence-electron chi connectivity index (χ2n) is 7.36. The molecule has 25 heavy (non-hydrogen) atoms. The molecule has 1 aromatic carbocycles. The van der Waals surface area contributed by atoms with Crippen molar-refractivity contribution in [2.75, 3.05) is 33.5 Å². The number of rotatable bonds is 5. The highest BCUT2D eigenvalue weighted by molar-refractivity contribution is 5.79. The summed E-state index contributed by atoms with van der Waals surface area (Å²) in [5, 5.41) is 3.03. The molecule has 5 nitrogen and oxygen atoms in total. The molecule has 2 heterocycles. The summed E-state index contributed by atoms with van der Waals surface area (Å²) < 4.78 is 16.7. The number of hydrogen-bond acceptors (Lipinski definition) is 4. The molecule has 3 rings (SSSR count). The number of benzene rings is 1. The van der Waals surface area contributed by atoms with Crippen LogP contribution < -0.4 is 10.1 Å². The second kappa shape index (κ2) is 8.19. The van der Waals surface area contributed by atoms with Crippen LogP contribution in [0.25, 0.3) is 0 Å². The topological polar surface area (TPSA) is 56.8 Å². The third-order valence-corrected chi connectivity index (χ3v) is 5.60. The Kier molecular flexibility index (Phi) is 5.97. The zero-order valence-corrected chi connectivity index (χ0v) is 15.3. The first kappa shape index (κ1) is 18.2. The molecule has 0 bridgehead atoms. The maximum atomic E-state index is 12.2. The highest BCUT2D eigenvalue weighted by Gasteiger charge is 2.37. The van der Waals surface area contributed by atoms with E-state index in [1.54, 1.807) is 7.11 Å². The van der Waals surface area contributed by atoms with Gasteiger partial charge in [-0.3, -0.25) is 4.79 Å². The van der Waals surface area contributed by atoms with Gasteiger partial charge in [0.2, 0.25) is 5.91 Å². The lowest BCUT2D eigenvalue weighted by Crippen LogP contribution is -2.44. The van der Waals surface area contributed by atoms with Gasteiger partial charge in [0.05, 0.1) is 26.2 Å². The number of amides is 1. The molecule has 0 saturated carbocycles. The van der Waals surface area contributed by atoms with Crippen LogP contribution in [0.4, 0.5) is 0 Å². The van der Waals surface area contributed by atoms with Crippen LogP contribution >= 0.6 is 0 Å². The number of carbonyl (C=O) groups is 1. The van der Waals surface area contributed by atoms with E-state index in [-0.39, 0.29) is 12.0 Å². The van der Waals surface area contributed by atoms with Gasteiger partial charge in [-0.1, -0.05) is 6.07 Å². The van der Waals surface area contributed by atoms with E-state index in [2.05, 4.69) is 5.32 Å². The van der Waals surface area contributed by atoms with Crippen molar-refractivity contribution in [3.8, 4) is 5.75 Å². The lowest BCUT2D eigenvalue weighted by molar-refractivity contribution is -0.124. The Morgan fingerprint density at radius 1 is 1.32 bits per heavy atom. The first-order chi connectivity index (χ1) is 12.1. The molecule has 0 aliphatic carbocycles. The largest absolute Gasteiger partial charge is 0.497 e. The van der Waals surface area contributed by atoms with Gasteiger partial charge in [-0.2, -0.15) is 0 Å². The van der Waals surface area contributed by atoms with Gasteiger partial charge in [-0.15, -0.1) is 0 Å². The normalized spacial score (nSPS) is 22.6. The van der Waals surface area contributed by atoms with Crippen LogP contribution in [-0.2, 0) is 20.7 Å². The Morgan fingerprint density at radius 3 is 2.76 bits per heavy atom. The quantitative estimate of drug-likeness (QED) is 0.890. The molecule has 1 aromatic rings. The van der Waals surface area contributed by atoms with Gasteiger partial charge < -0.3 is 19.5 Å². The third kappa shape index (κ3) is 4.73. The smallest absolute Gasteiger partial charge is 0.224 e. The fraction of sp³-hybridized carbons (Fsp3) is 0.650. The van der Waals surface area contributed by atoms with Gasteiger partial charge in [-0.05, 0) is 61.3 Å². The second-order valence-corrected chi connectivity index (χ2v) is 7.36. The van der Waals surface area contributed by atoms with Crippen LogP contribution in [0.1, 0.15) is 36.8 Å². The summed E-state index contributed by atoms with van der Waals surface area (Å²) in [5.41, 5.74) is 2.42. The molecule has 2 saturated heterocycles. The van der Waals surface area contributed by atoms with Gasteiger partial charge in [0.1, 0.15) is 5.75 Å². The van der Waals surface area contributed by atoms with Crippen LogP contribution in [0.5, 0.6) is 5.75 Å². The average Bonchev–Trinajstić information content (AvgIpc) is 2.64. The number of methoxy groups -OCH3 is 1. The Balaban J connectivity index is 1.42. The molecule has 0 aromatic heterocycles. The van der Waals surface area contributed by atoms with Crippen molar-refractivity contribution < 1.29 is 19.0 Å². The zero-order chi connectivity index (χ0) is 17.7. The van der Waals surface area contributed by atoms with E-state index >= 15 is 0 Å². The number of carbonyl (C=O) groups excluding carboxylic acids is 1. The number of aryl methyl sites for hydroxylation is 1. The standard InChI is InChI=1S/C20H29NO4/c1-15-11-17(23-2)4-3-16(15)12-19(22)21-13-18-5-6-20(14-25-18)7-9-24-10-8-20/h3-4,11,18H,5-10,12-14H2,1-2H3,(H,21,22). The van der Waals surface area contributed by atoms with Crippen molar-refractivity contribution in [2.45, 2.75) is 45.1 Å². The minimum Gasteiger partial charge on any atom is -0.497 e. The van der Waals surface area contributed by atoms with Gasteiger partial charge >= 0.3 is 0 Å². The number of hydrogen-bond donors (Lipinski definition) is 1. The lowest BCUT2D eigenvalue weighted by Gasteiger charge is -2.42. The average molecular weight is 347 g/mol. The van der Waals surface area contributed by atoms with Gasteiger partial charge in [0.25, 0.3) is 0 Å². The molecule has 5 heteroatoms. The van der Waals surface area contributed by atoms with E-state index in [1.807, 2.05) is 25.1 Å². The van der Waals surface area contributed by atoms with Gasteiger partial charge in [0.15, 0.2) is 0 Å². The summed E-state index contributed by atoms with van der Waals surface area (Å²) in [6.07, 6.45) is 4.92. The highest BCUT2D eigenvalue weighted by atomic mass is 16.5. The Bertz CT molecular complexity index is 585. The molecule has 1 N–H and O–H groups in total. The number of ether oxygens (including phenoxy) is 3. The monoisotopic (exact) mass is 347 g/mol. The molecule has 1 unspecified atom stereocenters. The minimum absolute atomic E-state index is 0.0446. The van der Waals surface area contributed by atoms with E-state index in [1.165, 1.54) is 6.42 Å². The Labute approximate surface area is 150 Å². The molecule has 0 radical (unpaired) electrons. The molecule has 138 valence electrons. The molecule has 2 aliphatic heterocycles. The van der Waals surface area contributed by atoms with Crippen molar-refractivity contribution in [2.24, 2.45) is 5.41 Å². The van der Waals surface area contributed by atoms with Crippen LogP contribution in [0, 0.1) is 12.3 Å². The van der Waals surface area contributed by atoms with Crippen molar-refractivity contribution >= 4 is 5.91 Å². The van der Waals surface area contributed by atoms with Gasteiger partial charge in [0, 0.05) is 19.8 Å². The maximum absolute atomic E-state index is 12.2. The maximum Gasteiger partial charge on any atom is 0.224 e. The van der Waals surface area contributed by atoms with Crippen molar-refractivity contribution in [3.05, 3.63) is 29.3 Å². The van der Waals surface area contributed by atoms with E-state index in [4.69, 9.17) is 14.2 Å². The molecular weight excluding hydrogens is 318 g/mol. The first-order valence-electron chi connectivity index (χ1n) is 9.20. The van der Waals surface area contributed by atoms with Crippen molar-refractivity contribution in [1.82, 2.24) is 5.32 Å². The van der Waals surface area contributed by atoms with Crippen LogP contribution in [-0.4, -0.2) is 45.5 Å².